The van der Waals surface area contributed by atoms with Crippen LogP contribution in [0.15, 0.2) is 59.1 Å². The van der Waals surface area contributed by atoms with Crippen molar-refractivity contribution in [1.82, 2.24) is 9.97 Å². The van der Waals surface area contributed by atoms with Crippen LogP contribution in [-0.4, -0.2) is 16.0 Å². The molecule has 1 aliphatic carbocycles. The zero-order valence-corrected chi connectivity index (χ0v) is 17.0. The number of hydrogen-bond acceptors (Lipinski definition) is 4. The second-order valence-electron chi connectivity index (χ2n) is 7.04. The van der Waals surface area contributed by atoms with E-state index in [2.05, 4.69) is 57.8 Å². The minimum Gasteiger partial charge on any atom is -0.351 e. The van der Waals surface area contributed by atoms with Crippen LogP contribution in [0.2, 0.25) is 0 Å². The Morgan fingerprint density at radius 3 is 2.48 bits per heavy atom. The lowest BCUT2D eigenvalue weighted by Gasteiger charge is -2.15. The number of nitrogens with one attached hydrogen (secondary N) is 2. The maximum Gasteiger partial charge on any atom is 0.225 e. The number of halogens is 1. The van der Waals surface area contributed by atoms with Gasteiger partial charge in [0, 0.05) is 27.8 Å². The molecule has 1 saturated carbocycles. The molecule has 0 amide bonds. The Bertz CT molecular complexity index is 921. The summed E-state index contributed by atoms with van der Waals surface area (Å²) < 4.78 is 1.07. The summed E-state index contributed by atoms with van der Waals surface area (Å²) in [5, 5.41) is 6.99. The van der Waals surface area contributed by atoms with Gasteiger partial charge in [-0.05, 0) is 43.5 Å². The van der Waals surface area contributed by atoms with Crippen LogP contribution in [0.4, 0.5) is 17.5 Å². The monoisotopic (exact) mass is 422 g/mol. The number of aromatic nitrogens is 2. The van der Waals surface area contributed by atoms with Crippen molar-refractivity contribution in [2.75, 3.05) is 10.6 Å². The van der Waals surface area contributed by atoms with E-state index in [0.29, 0.717) is 12.0 Å². The van der Waals surface area contributed by atoms with Crippen molar-refractivity contribution in [3.63, 3.8) is 0 Å². The van der Waals surface area contributed by atoms with Gasteiger partial charge in [-0.15, -0.1) is 0 Å². The van der Waals surface area contributed by atoms with Gasteiger partial charge in [0.25, 0.3) is 0 Å². The van der Waals surface area contributed by atoms with E-state index in [1.54, 1.807) is 0 Å². The Morgan fingerprint density at radius 2 is 1.74 bits per heavy atom. The van der Waals surface area contributed by atoms with Crippen molar-refractivity contribution in [3.05, 3.63) is 64.6 Å². The molecule has 0 unspecified atom stereocenters. The van der Waals surface area contributed by atoms with E-state index in [4.69, 9.17) is 9.97 Å². The first kappa shape index (κ1) is 18.0. The van der Waals surface area contributed by atoms with Gasteiger partial charge in [0.05, 0.1) is 5.69 Å². The van der Waals surface area contributed by atoms with Gasteiger partial charge in [-0.1, -0.05) is 59.1 Å². The summed E-state index contributed by atoms with van der Waals surface area (Å²) in [6, 6.07) is 18.9. The summed E-state index contributed by atoms with van der Waals surface area (Å²) in [6.07, 6.45) is 4.93. The Kier molecular flexibility index (Phi) is 5.39. The fraction of sp³-hybridized carbons (Fsp3) is 0.273. The SMILES string of the molecule is Cc1cc(Br)ccc1Nc1cc(-c2ccccc2)nc(NC2CCCC2)n1. The first-order valence-corrected chi connectivity index (χ1v) is 10.2. The van der Waals surface area contributed by atoms with Crippen LogP contribution in [0.5, 0.6) is 0 Å². The third-order valence-corrected chi connectivity index (χ3v) is 5.43. The number of aryl methyl sites for hydroxylation is 1. The van der Waals surface area contributed by atoms with Crippen LogP contribution >= 0.6 is 15.9 Å². The lowest BCUT2D eigenvalue weighted by molar-refractivity contribution is 0.744. The van der Waals surface area contributed by atoms with E-state index in [-0.39, 0.29) is 0 Å². The minimum atomic E-state index is 0.471. The fourth-order valence-electron chi connectivity index (χ4n) is 3.49. The highest BCUT2D eigenvalue weighted by Crippen LogP contribution is 2.28. The Labute approximate surface area is 168 Å². The molecule has 1 fully saturated rings. The van der Waals surface area contributed by atoms with Crippen molar-refractivity contribution in [2.45, 2.75) is 38.6 Å². The Morgan fingerprint density at radius 1 is 0.963 bits per heavy atom. The van der Waals surface area contributed by atoms with Crippen molar-refractivity contribution in [1.29, 1.82) is 0 Å². The molecule has 1 heterocycles. The minimum absolute atomic E-state index is 0.471. The molecule has 2 aromatic carbocycles. The number of benzene rings is 2. The summed E-state index contributed by atoms with van der Waals surface area (Å²) >= 11 is 3.52. The van der Waals surface area contributed by atoms with E-state index in [0.717, 1.165) is 32.8 Å². The van der Waals surface area contributed by atoms with Gasteiger partial charge in [-0.25, -0.2) is 4.98 Å². The van der Waals surface area contributed by atoms with Gasteiger partial charge in [-0.2, -0.15) is 4.98 Å². The molecule has 0 atom stereocenters. The second kappa shape index (κ2) is 8.09. The fourth-order valence-corrected chi connectivity index (χ4v) is 3.97. The van der Waals surface area contributed by atoms with Gasteiger partial charge in [-0.3, -0.25) is 0 Å². The summed E-state index contributed by atoms with van der Waals surface area (Å²) in [7, 11) is 0. The summed E-state index contributed by atoms with van der Waals surface area (Å²) in [6.45, 7) is 2.09. The third kappa shape index (κ3) is 4.48. The van der Waals surface area contributed by atoms with Gasteiger partial charge >= 0.3 is 0 Å². The molecule has 4 nitrogen and oxygen atoms in total. The summed E-state index contributed by atoms with van der Waals surface area (Å²) in [5.74, 6) is 1.50. The molecule has 2 N–H and O–H groups in total. The smallest absolute Gasteiger partial charge is 0.225 e. The zero-order valence-electron chi connectivity index (χ0n) is 15.4. The molecule has 0 bridgehead atoms. The van der Waals surface area contributed by atoms with E-state index in [1.807, 2.05) is 30.3 Å². The van der Waals surface area contributed by atoms with Crippen LogP contribution in [0.25, 0.3) is 11.3 Å². The van der Waals surface area contributed by atoms with Crippen molar-refractivity contribution < 1.29 is 0 Å². The molecule has 0 spiro atoms. The molecular weight excluding hydrogens is 400 g/mol. The average molecular weight is 423 g/mol. The van der Waals surface area contributed by atoms with E-state index < -0.39 is 0 Å². The topological polar surface area (TPSA) is 49.8 Å². The number of hydrogen-bond donors (Lipinski definition) is 2. The quantitative estimate of drug-likeness (QED) is 0.505. The normalized spacial score (nSPS) is 14.3. The average Bonchev–Trinajstić information content (AvgIpc) is 3.18. The largest absolute Gasteiger partial charge is 0.351 e. The molecule has 4 rings (SSSR count). The predicted molar refractivity (Wildman–Crippen MR) is 116 cm³/mol. The molecule has 27 heavy (non-hydrogen) atoms. The zero-order chi connectivity index (χ0) is 18.6. The molecule has 0 radical (unpaired) electrons. The maximum absolute atomic E-state index is 4.78. The molecule has 1 aliphatic rings. The molecule has 138 valence electrons. The van der Waals surface area contributed by atoms with Crippen LogP contribution < -0.4 is 10.6 Å². The Hall–Kier alpha value is -2.40. The van der Waals surface area contributed by atoms with Crippen LogP contribution in [0, 0.1) is 6.92 Å². The van der Waals surface area contributed by atoms with E-state index in [1.165, 1.54) is 25.7 Å². The summed E-state index contributed by atoms with van der Waals surface area (Å²) in [5.41, 5.74) is 4.21. The Balaban J connectivity index is 1.68. The first-order chi connectivity index (χ1) is 13.2. The maximum atomic E-state index is 4.78. The highest BCUT2D eigenvalue weighted by molar-refractivity contribution is 9.10. The van der Waals surface area contributed by atoms with Crippen molar-refractivity contribution >= 4 is 33.4 Å². The molecule has 1 aromatic heterocycles. The number of anilines is 3. The van der Waals surface area contributed by atoms with Crippen molar-refractivity contribution in [2.24, 2.45) is 0 Å². The van der Waals surface area contributed by atoms with Crippen molar-refractivity contribution in [3.8, 4) is 11.3 Å². The molecule has 0 aliphatic heterocycles. The van der Waals surface area contributed by atoms with Gasteiger partial charge < -0.3 is 10.6 Å². The molecule has 0 saturated heterocycles. The summed E-state index contributed by atoms with van der Waals surface area (Å²) in [4.78, 5) is 9.51. The third-order valence-electron chi connectivity index (χ3n) is 4.94. The number of rotatable bonds is 5. The van der Waals surface area contributed by atoms with Crippen LogP contribution in [-0.2, 0) is 0 Å². The van der Waals surface area contributed by atoms with E-state index >= 15 is 0 Å². The molecule has 3 aromatic rings. The molecular formula is C22H23BrN4. The van der Waals surface area contributed by atoms with Gasteiger partial charge in [0.15, 0.2) is 0 Å². The number of nitrogens with zero attached hydrogens (tertiary/aromatic N) is 2. The van der Waals surface area contributed by atoms with E-state index in [9.17, 15) is 0 Å². The predicted octanol–water partition coefficient (Wildman–Crippen LogP) is 6.31. The first-order valence-electron chi connectivity index (χ1n) is 9.41. The van der Waals surface area contributed by atoms with Crippen LogP contribution in [0.3, 0.4) is 0 Å². The second-order valence-corrected chi connectivity index (χ2v) is 7.95. The lowest BCUT2D eigenvalue weighted by atomic mass is 10.1. The standard InChI is InChI=1S/C22H23BrN4/c1-15-13-17(23)11-12-19(15)25-21-14-20(16-7-3-2-4-8-16)26-22(27-21)24-18-9-5-6-10-18/h2-4,7-8,11-14,18H,5-6,9-10H2,1H3,(H2,24,25,26,27). The highest BCUT2D eigenvalue weighted by Gasteiger charge is 2.17. The van der Waals surface area contributed by atoms with Gasteiger partial charge in [0.1, 0.15) is 5.82 Å². The van der Waals surface area contributed by atoms with Gasteiger partial charge in [0.2, 0.25) is 5.95 Å². The molecule has 5 heteroatoms. The lowest BCUT2D eigenvalue weighted by Crippen LogP contribution is -2.17. The highest BCUT2D eigenvalue weighted by atomic mass is 79.9. The van der Waals surface area contributed by atoms with Crippen LogP contribution in [0.1, 0.15) is 31.2 Å².